The summed E-state index contributed by atoms with van der Waals surface area (Å²) < 4.78 is 37.6. The Balaban J connectivity index is 1.46. The Labute approximate surface area is 167 Å². The lowest BCUT2D eigenvalue weighted by atomic mass is 10.1. The normalized spacial score (nSPS) is 14.4. The molecule has 8 nitrogen and oxygen atoms in total. The van der Waals surface area contributed by atoms with Gasteiger partial charge in [-0.3, -0.25) is 4.79 Å². The standard InChI is InChI=1S/C19H13F3N6O2/c20-19(21,22)16-4-2-11(8-24-16)27-18(30)26-10-1-3-13-14(5-12-7-23-9-25-12)17(29)28-15(13)6-10/h1-9H,(H,23,25)(H,28,29)(H2,26,27,30)/b14-5-. The number of aromatic nitrogens is 3. The topological polar surface area (TPSA) is 112 Å². The zero-order valence-electron chi connectivity index (χ0n) is 15.0. The van der Waals surface area contributed by atoms with Crippen molar-refractivity contribution in [1.29, 1.82) is 0 Å². The molecule has 1 aliphatic heterocycles. The number of benzene rings is 1. The van der Waals surface area contributed by atoms with Gasteiger partial charge in [0.1, 0.15) is 5.69 Å². The summed E-state index contributed by atoms with van der Waals surface area (Å²) in [4.78, 5) is 34.4. The monoisotopic (exact) mass is 414 g/mol. The number of fused-ring (bicyclic) bond motifs is 1. The number of halogens is 3. The third kappa shape index (κ3) is 3.99. The van der Waals surface area contributed by atoms with Gasteiger partial charge in [-0.05, 0) is 30.3 Å². The van der Waals surface area contributed by atoms with Crippen LogP contribution < -0.4 is 16.0 Å². The van der Waals surface area contributed by atoms with Gasteiger partial charge in [0.2, 0.25) is 0 Å². The Bertz CT molecular complexity index is 1140. The number of hydrogen-bond acceptors (Lipinski definition) is 4. The summed E-state index contributed by atoms with van der Waals surface area (Å²) >= 11 is 0. The van der Waals surface area contributed by atoms with Crippen LogP contribution in [0.25, 0.3) is 11.6 Å². The largest absolute Gasteiger partial charge is 0.433 e. The second-order valence-electron chi connectivity index (χ2n) is 6.29. The quantitative estimate of drug-likeness (QED) is 0.486. The third-order valence-corrected chi connectivity index (χ3v) is 4.19. The number of aromatic amines is 1. The summed E-state index contributed by atoms with van der Waals surface area (Å²) in [5.41, 5.74) is 1.71. The molecule has 0 saturated heterocycles. The van der Waals surface area contributed by atoms with Crippen molar-refractivity contribution in [1.82, 2.24) is 15.0 Å². The zero-order valence-corrected chi connectivity index (χ0v) is 15.0. The molecule has 3 heterocycles. The van der Waals surface area contributed by atoms with Gasteiger partial charge in [-0.1, -0.05) is 6.07 Å². The minimum absolute atomic E-state index is 0.0970. The van der Waals surface area contributed by atoms with E-state index in [-0.39, 0.29) is 11.6 Å². The number of urea groups is 1. The summed E-state index contributed by atoms with van der Waals surface area (Å²) in [7, 11) is 0. The van der Waals surface area contributed by atoms with Crippen molar-refractivity contribution in [3.05, 3.63) is 66.0 Å². The van der Waals surface area contributed by atoms with Gasteiger partial charge in [0.25, 0.3) is 5.91 Å². The van der Waals surface area contributed by atoms with Crippen molar-refractivity contribution in [3.63, 3.8) is 0 Å². The minimum atomic E-state index is -4.56. The molecule has 0 unspecified atom stereocenters. The van der Waals surface area contributed by atoms with Crippen LogP contribution in [-0.2, 0) is 11.0 Å². The highest BCUT2D eigenvalue weighted by molar-refractivity contribution is 6.35. The van der Waals surface area contributed by atoms with Gasteiger partial charge in [0.05, 0.1) is 41.4 Å². The van der Waals surface area contributed by atoms with Crippen molar-refractivity contribution >= 4 is 40.6 Å². The van der Waals surface area contributed by atoms with E-state index in [1.54, 1.807) is 30.5 Å². The van der Waals surface area contributed by atoms with E-state index in [1.165, 1.54) is 6.33 Å². The summed E-state index contributed by atoms with van der Waals surface area (Å²) in [5, 5.41) is 7.66. The number of anilines is 3. The number of pyridine rings is 1. The molecule has 0 aliphatic carbocycles. The van der Waals surface area contributed by atoms with Crippen LogP contribution in [0.3, 0.4) is 0 Å². The summed E-state index contributed by atoms with van der Waals surface area (Å²) in [5.74, 6) is -0.294. The first-order valence-electron chi connectivity index (χ1n) is 8.57. The predicted octanol–water partition coefficient (Wildman–Crippen LogP) is 3.96. The molecule has 0 spiro atoms. The highest BCUT2D eigenvalue weighted by Crippen LogP contribution is 2.35. The van der Waals surface area contributed by atoms with E-state index in [9.17, 15) is 22.8 Å². The molecule has 4 rings (SSSR count). The Morgan fingerprint density at radius 2 is 1.83 bits per heavy atom. The minimum Gasteiger partial charge on any atom is -0.345 e. The second-order valence-corrected chi connectivity index (χ2v) is 6.29. The Kier molecular flexibility index (Phi) is 4.70. The lowest BCUT2D eigenvalue weighted by Crippen LogP contribution is -2.20. The number of nitrogens with zero attached hydrogens (tertiary/aromatic N) is 2. The maximum absolute atomic E-state index is 12.5. The van der Waals surface area contributed by atoms with Gasteiger partial charge in [0.15, 0.2) is 0 Å². The Morgan fingerprint density at radius 3 is 2.50 bits per heavy atom. The van der Waals surface area contributed by atoms with Crippen molar-refractivity contribution in [3.8, 4) is 0 Å². The van der Waals surface area contributed by atoms with Gasteiger partial charge in [-0.15, -0.1) is 0 Å². The molecule has 0 radical (unpaired) electrons. The molecule has 1 aliphatic rings. The fraction of sp³-hybridized carbons (Fsp3) is 0.0526. The lowest BCUT2D eigenvalue weighted by Gasteiger charge is -2.10. The molecule has 2 aromatic heterocycles. The van der Waals surface area contributed by atoms with Gasteiger partial charge >= 0.3 is 12.2 Å². The van der Waals surface area contributed by atoms with Gasteiger partial charge in [-0.25, -0.2) is 14.8 Å². The van der Waals surface area contributed by atoms with Crippen LogP contribution in [-0.4, -0.2) is 26.9 Å². The van der Waals surface area contributed by atoms with E-state index in [0.29, 0.717) is 28.2 Å². The number of carbonyl (C=O) groups excluding carboxylic acids is 2. The number of nitrogens with one attached hydrogen (secondary N) is 4. The van der Waals surface area contributed by atoms with Crippen LogP contribution in [0.5, 0.6) is 0 Å². The number of H-pyrrole nitrogens is 1. The third-order valence-electron chi connectivity index (χ3n) is 4.19. The van der Waals surface area contributed by atoms with E-state index in [0.717, 1.165) is 18.3 Å². The summed E-state index contributed by atoms with van der Waals surface area (Å²) in [6, 6.07) is 6.05. The van der Waals surface area contributed by atoms with Crippen molar-refractivity contribution in [2.45, 2.75) is 6.18 Å². The average Bonchev–Trinajstić information content (AvgIpc) is 3.29. The fourth-order valence-electron chi connectivity index (χ4n) is 2.85. The number of imidazole rings is 1. The van der Waals surface area contributed by atoms with Crippen LogP contribution in [0, 0.1) is 0 Å². The molecule has 0 atom stereocenters. The maximum Gasteiger partial charge on any atom is 0.433 e. The Morgan fingerprint density at radius 1 is 1.07 bits per heavy atom. The van der Waals surface area contributed by atoms with Gasteiger partial charge in [0, 0.05) is 11.3 Å². The highest BCUT2D eigenvalue weighted by atomic mass is 19.4. The smallest absolute Gasteiger partial charge is 0.345 e. The SMILES string of the molecule is O=C(Nc1ccc(C(F)(F)F)nc1)Nc1ccc2c(c1)NC(=O)/C2=C\c1cnc[nH]1. The second kappa shape index (κ2) is 7.35. The van der Waals surface area contributed by atoms with Crippen LogP contribution in [0.15, 0.2) is 49.1 Å². The predicted molar refractivity (Wildman–Crippen MR) is 103 cm³/mol. The van der Waals surface area contributed by atoms with Crippen molar-refractivity contribution < 1.29 is 22.8 Å². The van der Waals surface area contributed by atoms with E-state index < -0.39 is 17.9 Å². The van der Waals surface area contributed by atoms with Crippen molar-refractivity contribution in [2.75, 3.05) is 16.0 Å². The maximum atomic E-state index is 12.5. The first-order chi connectivity index (χ1) is 14.3. The molecule has 0 fully saturated rings. The van der Waals surface area contributed by atoms with Crippen LogP contribution in [0.1, 0.15) is 17.0 Å². The molecular formula is C19H13F3N6O2. The van der Waals surface area contributed by atoms with Gasteiger partial charge in [-0.2, -0.15) is 13.2 Å². The first-order valence-corrected chi connectivity index (χ1v) is 8.57. The molecule has 3 aromatic rings. The number of carbonyl (C=O) groups is 2. The lowest BCUT2D eigenvalue weighted by molar-refractivity contribution is -0.141. The molecule has 1 aromatic carbocycles. The van der Waals surface area contributed by atoms with Crippen LogP contribution in [0.2, 0.25) is 0 Å². The van der Waals surface area contributed by atoms with E-state index >= 15 is 0 Å². The molecule has 30 heavy (non-hydrogen) atoms. The Hall–Kier alpha value is -4.15. The van der Waals surface area contributed by atoms with Crippen LogP contribution >= 0.6 is 0 Å². The molecular weight excluding hydrogens is 401 g/mol. The zero-order chi connectivity index (χ0) is 21.3. The van der Waals surface area contributed by atoms with E-state index in [4.69, 9.17) is 0 Å². The molecule has 4 N–H and O–H groups in total. The number of amides is 3. The molecule has 0 saturated carbocycles. The molecule has 0 bridgehead atoms. The average molecular weight is 414 g/mol. The summed E-state index contributed by atoms with van der Waals surface area (Å²) in [6.07, 6.45) is 1.09. The number of rotatable bonds is 3. The van der Waals surface area contributed by atoms with E-state index in [2.05, 4.69) is 30.9 Å². The first kappa shape index (κ1) is 19.2. The molecule has 3 amide bonds. The molecule has 152 valence electrons. The number of hydrogen-bond donors (Lipinski definition) is 4. The highest BCUT2D eigenvalue weighted by Gasteiger charge is 2.32. The van der Waals surface area contributed by atoms with Crippen LogP contribution in [0.4, 0.5) is 35.0 Å². The summed E-state index contributed by atoms with van der Waals surface area (Å²) in [6.45, 7) is 0. The number of alkyl halides is 3. The van der Waals surface area contributed by atoms with Crippen molar-refractivity contribution in [2.24, 2.45) is 0 Å². The fourth-order valence-corrected chi connectivity index (χ4v) is 2.85. The van der Waals surface area contributed by atoms with E-state index in [1.807, 2.05) is 0 Å². The van der Waals surface area contributed by atoms with Gasteiger partial charge < -0.3 is 20.9 Å². The molecule has 11 heteroatoms.